The van der Waals surface area contributed by atoms with Gasteiger partial charge in [0.15, 0.2) is 5.79 Å². The fourth-order valence-electron chi connectivity index (χ4n) is 5.39. The van der Waals surface area contributed by atoms with Crippen LogP contribution >= 0.6 is 0 Å². The van der Waals surface area contributed by atoms with Gasteiger partial charge in [-0.1, -0.05) is 6.08 Å². The standard InChI is InChI=1S/C16H21NO3/c18-16(11-2-1-3-17-9-11)10-14-6-12(14)7-15(8-13(14)16)19-4-5-20-15/h2,9,12-13,18H,1,3-8,10H2. The van der Waals surface area contributed by atoms with E-state index in [1.54, 1.807) is 0 Å². The fourth-order valence-corrected chi connectivity index (χ4v) is 5.39. The van der Waals surface area contributed by atoms with Crippen molar-refractivity contribution in [2.45, 2.75) is 43.5 Å². The van der Waals surface area contributed by atoms with Gasteiger partial charge in [0.2, 0.25) is 0 Å². The van der Waals surface area contributed by atoms with Crippen LogP contribution in [0, 0.1) is 17.3 Å². The predicted molar refractivity (Wildman–Crippen MR) is 73.5 cm³/mol. The van der Waals surface area contributed by atoms with Crippen LogP contribution in [0.15, 0.2) is 16.6 Å². The number of nitrogens with zero attached hydrogens (tertiary/aromatic N) is 1. The highest BCUT2D eigenvalue weighted by Gasteiger charge is 2.78. The molecule has 20 heavy (non-hydrogen) atoms. The number of aliphatic imine (C=N–C) groups is 1. The third-order valence-electron chi connectivity index (χ3n) is 6.39. The van der Waals surface area contributed by atoms with Crippen LogP contribution in [-0.4, -0.2) is 42.5 Å². The lowest BCUT2D eigenvalue weighted by Gasteiger charge is -2.58. The average Bonchev–Trinajstić information content (AvgIpc) is 2.99. The average molecular weight is 275 g/mol. The maximum absolute atomic E-state index is 11.2. The van der Waals surface area contributed by atoms with Crippen molar-refractivity contribution in [3.8, 4) is 0 Å². The quantitative estimate of drug-likeness (QED) is 0.792. The Bertz CT molecular complexity index is 522. The van der Waals surface area contributed by atoms with Gasteiger partial charge in [-0.05, 0) is 36.2 Å². The molecule has 0 radical (unpaired) electrons. The van der Waals surface area contributed by atoms with E-state index in [4.69, 9.17) is 9.47 Å². The summed E-state index contributed by atoms with van der Waals surface area (Å²) in [7, 11) is 0. The second-order valence-electron chi connectivity index (χ2n) is 7.29. The zero-order chi connectivity index (χ0) is 13.4. The van der Waals surface area contributed by atoms with Crippen LogP contribution in [0.1, 0.15) is 32.1 Å². The molecule has 4 unspecified atom stereocenters. The summed E-state index contributed by atoms with van der Waals surface area (Å²) in [6.07, 6.45) is 9.08. The van der Waals surface area contributed by atoms with Gasteiger partial charge in [-0.2, -0.15) is 0 Å². The van der Waals surface area contributed by atoms with Crippen molar-refractivity contribution < 1.29 is 14.6 Å². The summed E-state index contributed by atoms with van der Waals surface area (Å²) in [5, 5.41) is 11.2. The summed E-state index contributed by atoms with van der Waals surface area (Å²) in [4.78, 5) is 4.35. The molecule has 0 bridgehead atoms. The predicted octanol–water partition coefficient (Wildman–Crippen LogP) is 1.68. The molecule has 3 aliphatic carbocycles. The Kier molecular flexibility index (Phi) is 2.11. The second kappa shape index (κ2) is 3.54. The van der Waals surface area contributed by atoms with Crippen LogP contribution in [0.3, 0.4) is 0 Å². The van der Waals surface area contributed by atoms with E-state index in [0.29, 0.717) is 30.5 Å². The summed E-state index contributed by atoms with van der Waals surface area (Å²) < 4.78 is 11.8. The molecule has 1 N–H and O–H groups in total. The molecule has 0 aromatic carbocycles. The molecule has 1 saturated heterocycles. The molecule has 2 spiro atoms. The Hall–Kier alpha value is -0.710. The second-order valence-corrected chi connectivity index (χ2v) is 7.29. The molecule has 4 nitrogen and oxygen atoms in total. The maximum Gasteiger partial charge on any atom is 0.169 e. The molecule has 0 aromatic heterocycles. The monoisotopic (exact) mass is 275 g/mol. The van der Waals surface area contributed by atoms with Crippen molar-refractivity contribution in [3.05, 3.63) is 11.6 Å². The van der Waals surface area contributed by atoms with Crippen molar-refractivity contribution in [1.29, 1.82) is 0 Å². The summed E-state index contributed by atoms with van der Waals surface area (Å²) in [5.74, 6) is 0.597. The first-order valence-electron chi connectivity index (χ1n) is 7.88. The molecule has 5 aliphatic rings. The zero-order valence-corrected chi connectivity index (χ0v) is 11.7. The Balaban J connectivity index is 1.47. The Morgan fingerprint density at radius 3 is 2.80 bits per heavy atom. The van der Waals surface area contributed by atoms with Crippen molar-refractivity contribution in [2.75, 3.05) is 19.8 Å². The van der Waals surface area contributed by atoms with Crippen LogP contribution in [0.2, 0.25) is 0 Å². The summed E-state index contributed by atoms with van der Waals surface area (Å²) in [6.45, 7) is 2.26. The van der Waals surface area contributed by atoms with E-state index in [1.807, 2.05) is 6.21 Å². The Labute approximate surface area is 118 Å². The molecular formula is C16H21NO3. The van der Waals surface area contributed by atoms with Crippen LogP contribution in [0.25, 0.3) is 0 Å². The van der Waals surface area contributed by atoms with E-state index in [1.165, 1.54) is 6.42 Å². The van der Waals surface area contributed by atoms with E-state index in [-0.39, 0.29) is 0 Å². The smallest absolute Gasteiger partial charge is 0.169 e. The van der Waals surface area contributed by atoms with E-state index in [9.17, 15) is 5.11 Å². The fraction of sp³-hybridized carbons (Fsp3) is 0.812. The molecule has 5 rings (SSSR count). The van der Waals surface area contributed by atoms with E-state index in [2.05, 4.69) is 11.1 Å². The van der Waals surface area contributed by atoms with Crippen LogP contribution in [-0.2, 0) is 9.47 Å². The molecule has 0 amide bonds. The summed E-state index contributed by atoms with van der Waals surface area (Å²) in [6, 6.07) is 0. The largest absolute Gasteiger partial charge is 0.385 e. The number of ether oxygens (including phenoxy) is 2. The molecule has 2 heterocycles. The van der Waals surface area contributed by atoms with E-state index < -0.39 is 11.4 Å². The SMILES string of the molecule is OC1(C2=CCCN=C2)CC23CC2CC2(CC13)OCCO2. The van der Waals surface area contributed by atoms with Crippen LogP contribution in [0.4, 0.5) is 0 Å². The lowest BCUT2D eigenvalue weighted by molar-refractivity contribution is -0.246. The van der Waals surface area contributed by atoms with Gasteiger partial charge >= 0.3 is 0 Å². The first-order valence-corrected chi connectivity index (χ1v) is 7.88. The van der Waals surface area contributed by atoms with Gasteiger partial charge in [-0.15, -0.1) is 0 Å². The minimum absolute atomic E-state index is 0.294. The highest BCUT2D eigenvalue weighted by atomic mass is 16.7. The highest BCUT2D eigenvalue weighted by Crippen LogP contribution is 2.79. The van der Waals surface area contributed by atoms with Crippen LogP contribution < -0.4 is 0 Å². The van der Waals surface area contributed by atoms with Crippen molar-refractivity contribution in [3.63, 3.8) is 0 Å². The first-order chi connectivity index (χ1) is 9.67. The van der Waals surface area contributed by atoms with Gasteiger partial charge in [-0.25, -0.2) is 0 Å². The molecule has 108 valence electrons. The third-order valence-corrected chi connectivity index (χ3v) is 6.39. The number of aliphatic hydroxyl groups is 1. The Morgan fingerprint density at radius 2 is 2.05 bits per heavy atom. The first kappa shape index (κ1) is 11.9. The molecule has 0 aromatic rings. The minimum atomic E-state index is -0.679. The normalized spacial score (nSPS) is 51.1. The van der Waals surface area contributed by atoms with E-state index >= 15 is 0 Å². The number of hydrogen-bond donors (Lipinski definition) is 1. The van der Waals surface area contributed by atoms with Gasteiger partial charge in [0, 0.05) is 31.5 Å². The summed E-state index contributed by atoms with van der Waals surface area (Å²) in [5.41, 5.74) is 0.753. The molecule has 3 saturated carbocycles. The maximum atomic E-state index is 11.2. The number of rotatable bonds is 1. The van der Waals surface area contributed by atoms with Crippen LogP contribution in [0.5, 0.6) is 0 Å². The van der Waals surface area contributed by atoms with Gasteiger partial charge in [0.25, 0.3) is 0 Å². The lowest BCUT2D eigenvalue weighted by Crippen LogP contribution is -2.62. The van der Waals surface area contributed by atoms with Gasteiger partial charge in [0.1, 0.15) is 0 Å². The highest BCUT2D eigenvalue weighted by molar-refractivity contribution is 5.83. The van der Waals surface area contributed by atoms with Gasteiger partial charge in [-0.3, -0.25) is 4.99 Å². The topological polar surface area (TPSA) is 51.1 Å². The van der Waals surface area contributed by atoms with Crippen molar-refractivity contribution in [2.24, 2.45) is 22.2 Å². The number of dihydropyridines is 1. The van der Waals surface area contributed by atoms with E-state index in [0.717, 1.165) is 37.8 Å². The lowest BCUT2D eigenvalue weighted by atomic mass is 9.50. The minimum Gasteiger partial charge on any atom is -0.385 e. The number of hydrogen-bond acceptors (Lipinski definition) is 4. The molecule has 2 aliphatic heterocycles. The summed E-state index contributed by atoms with van der Waals surface area (Å²) >= 11 is 0. The van der Waals surface area contributed by atoms with Crippen molar-refractivity contribution >= 4 is 6.21 Å². The molecule has 4 heteroatoms. The molecular weight excluding hydrogens is 254 g/mol. The van der Waals surface area contributed by atoms with Gasteiger partial charge < -0.3 is 14.6 Å². The molecule has 4 fully saturated rings. The zero-order valence-electron chi connectivity index (χ0n) is 11.7. The molecule has 4 atom stereocenters. The Morgan fingerprint density at radius 1 is 1.20 bits per heavy atom. The van der Waals surface area contributed by atoms with Gasteiger partial charge in [0.05, 0.1) is 18.8 Å². The third kappa shape index (κ3) is 1.31. The van der Waals surface area contributed by atoms with Crippen molar-refractivity contribution in [1.82, 2.24) is 0 Å².